The monoisotopic (exact) mass is 306 g/mol. The molecule has 1 aromatic carbocycles. The van der Waals surface area contributed by atoms with E-state index in [-0.39, 0.29) is 0 Å². The molecule has 0 radical (unpaired) electrons. The van der Waals surface area contributed by atoms with E-state index in [2.05, 4.69) is 20.4 Å². The van der Waals surface area contributed by atoms with Gasteiger partial charge in [0.1, 0.15) is 22.8 Å². The minimum atomic E-state index is -1.45. The third-order valence-corrected chi connectivity index (χ3v) is 5.07. The molecule has 2 fully saturated rings. The van der Waals surface area contributed by atoms with Gasteiger partial charge in [-0.2, -0.15) is 0 Å². The van der Waals surface area contributed by atoms with Crippen molar-refractivity contribution in [3.8, 4) is 17.2 Å². The zero-order valence-electron chi connectivity index (χ0n) is 12.8. The predicted octanol–water partition coefficient (Wildman–Crippen LogP) is 3.50. The highest BCUT2D eigenvalue weighted by Gasteiger charge is 2.47. The summed E-state index contributed by atoms with van der Waals surface area (Å²) in [5.41, 5.74) is 1.39. The van der Waals surface area contributed by atoms with Gasteiger partial charge >= 0.3 is 5.97 Å². The van der Waals surface area contributed by atoms with Crippen LogP contribution in [0.2, 0.25) is 0 Å². The normalized spacial score (nSPS) is 24.7. The predicted molar refractivity (Wildman–Crippen MR) is 82.1 cm³/mol. The van der Waals surface area contributed by atoms with Crippen LogP contribution >= 0.6 is 0 Å². The summed E-state index contributed by atoms with van der Waals surface area (Å²) < 4.78 is 0. The number of hydrogen-bond acceptors (Lipinski definition) is 4. The van der Waals surface area contributed by atoms with Gasteiger partial charge < -0.3 is 20.4 Å². The van der Waals surface area contributed by atoms with Gasteiger partial charge in [-0.3, -0.25) is 0 Å². The van der Waals surface area contributed by atoms with Gasteiger partial charge in [0.15, 0.2) is 0 Å². The minimum absolute atomic E-state index is 0.394. The van der Waals surface area contributed by atoms with Crippen LogP contribution < -0.4 is 0 Å². The molecule has 0 amide bonds. The number of fused-ring (bicyclic) bond motifs is 2. The maximum Gasteiger partial charge on any atom is 0.343 e. The highest BCUT2D eigenvalue weighted by atomic mass is 16.4. The fraction of sp³-hybridized carbons (Fsp3) is 0.471. The van der Waals surface area contributed by atoms with Crippen molar-refractivity contribution in [1.82, 2.24) is 0 Å². The van der Waals surface area contributed by atoms with E-state index in [1.807, 2.05) is 0 Å². The largest absolute Gasteiger partial charge is 0.508 e. The van der Waals surface area contributed by atoms with Crippen molar-refractivity contribution in [2.75, 3.05) is 0 Å². The van der Waals surface area contributed by atoms with Gasteiger partial charge in [0.25, 0.3) is 0 Å². The number of allylic oxidation sites excluding steroid dienone is 1. The zero-order valence-corrected chi connectivity index (χ0v) is 12.8. The molecule has 4 N–H and O–H groups in total. The topological polar surface area (TPSA) is 98.0 Å². The molecule has 2 unspecified atom stereocenters. The third kappa shape index (κ3) is 2.75. The third-order valence-electron chi connectivity index (χ3n) is 5.07. The lowest BCUT2D eigenvalue weighted by molar-refractivity contribution is 0.0690. The van der Waals surface area contributed by atoms with Gasteiger partial charge in [0.2, 0.25) is 0 Å². The van der Waals surface area contributed by atoms with E-state index in [0.29, 0.717) is 5.41 Å². The van der Waals surface area contributed by atoms with E-state index in [1.54, 1.807) is 0 Å². The highest BCUT2D eigenvalue weighted by molar-refractivity contribution is 5.94. The Morgan fingerprint density at radius 3 is 2.05 bits per heavy atom. The minimum Gasteiger partial charge on any atom is -0.508 e. The van der Waals surface area contributed by atoms with Crippen molar-refractivity contribution in [3.63, 3.8) is 0 Å². The number of phenolic OH excluding ortho intramolecular Hbond substituents is 1. The first kappa shape index (κ1) is 16.2. The van der Waals surface area contributed by atoms with Crippen LogP contribution in [0, 0.1) is 17.3 Å². The molecule has 0 aromatic heterocycles. The number of aromatic hydroxyl groups is 3. The molecule has 2 aliphatic carbocycles. The standard InChI is InChI=1S/C10H16.C7H6O5/c1-7-8-4-5-9(6-8)10(7,2)3;8-3-1-4(9)6(7(11)12)5(10)2-3/h8-9H,1,4-6H2,2-3H3;1-2,8-10H,(H,11,12). The molecular weight excluding hydrogens is 284 g/mol. The molecule has 5 nitrogen and oxygen atoms in total. The number of carboxylic acids is 1. The number of carboxylic acid groups (broad SMARTS) is 1. The van der Waals surface area contributed by atoms with Crippen LogP contribution in [0.15, 0.2) is 24.3 Å². The summed E-state index contributed by atoms with van der Waals surface area (Å²) in [7, 11) is 0. The van der Waals surface area contributed by atoms with Crippen LogP contribution in [-0.4, -0.2) is 26.4 Å². The first-order valence-electron chi connectivity index (χ1n) is 7.32. The Kier molecular flexibility index (Phi) is 4.09. The van der Waals surface area contributed by atoms with Gasteiger partial charge in [-0.15, -0.1) is 0 Å². The lowest BCUT2D eigenvalue weighted by Gasteiger charge is -2.31. The molecule has 1 aromatic rings. The Hall–Kier alpha value is -2.17. The second-order valence-electron chi connectivity index (χ2n) is 6.62. The number of aromatic carboxylic acids is 1. The average Bonchev–Trinajstić information content (AvgIpc) is 2.92. The van der Waals surface area contributed by atoms with Crippen molar-refractivity contribution in [1.29, 1.82) is 0 Å². The molecule has 2 saturated carbocycles. The number of benzene rings is 1. The number of hydrogen-bond donors (Lipinski definition) is 4. The molecule has 5 heteroatoms. The number of phenols is 3. The van der Waals surface area contributed by atoms with Gasteiger partial charge in [0, 0.05) is 12.1 Å². The average molecular weight is 306 g/mol. The molecule has 0 heterocycles. The molecule has 2 bridgehead atoms. The van der Waals surface area contributed by atoms with Crippen LogP contribution in [0.4, 0.5) is 0 Å². The molecule has 2 atom stereocenters. The Bertz CT molecular complexity index is 594. The van der Waals surface area contributed by atoms with E-state index in [9.17, 15) is 4.79 Å². The molecule has 120 valence electrons. The van der Waals surface area contributed by atoms with Crippen LogP contribution in [0.3, 0.4) is 0 Å². The van der Waals surface area contributed by atoms with Gasteiger partial charge in [-0.1, -0.05) is 26.0 Å². The molecular formula is C17H22O5. The maximum absolute atomic E-state index is 10.4. The van der Waals surface area contributed by atoms with Crippen LogP contribution in [0.5, 0.6) is 17.2 Å². The number of carbonyl (C=O) groups is 1. The van der Waals surface area contributed by atoms with Crippen molar-refractivity contribution < 1.29 is 25.2 Å². The van der Waals surface area contributed by atoms with E-state index in [4.69, 9.17) is 20.4 Å². The van der Waals surface area contributed by atoms with Crippen molar-refractivity contribution in [3.05, 3.63) is 29.8 Å². The van der Waals surface area contributed by atoms with Gasteiger partial charge in [-0.05, 0) is 36.5 Å². The van der Waals surface area contributed by atoms with Crippen LogP contribution in [0.1, 0.15) is 43.5 Å². The Morgan fingerprint density at radius 2 is 1.73 bits per heavy atom. The molecule has 0 spiro atoms. The lowest BCUT2D eigenvalue weighted by atomic mass is 9.73. The van der Waals surface area contributed by atoms with E-state index in [0.717, 1.165) is 24.0 Å². The van der Waals surface area contributed by atoms with Crippen LogP contribution in [0.25, 0.3) is 0 Å². The first-order valence-corrected chi connectivity index (χ1v) is 7.32. The van der Waals surface area contributed by atoms with Crippen molar-refractivity contribution >= 4 is 5.97 Å². The lowest BCUT2D eigenvalue weighted by Crippen LogP contribution is -2.21. The summed E-state index contributed by atoms with van der Waals surface area (Å²) in [5, 5.41) is 35.1. The quantitative estimate of drug-likeness (QED) is 0.595. The van der Waals surface area contributed by atoms with Crippen molar-refractivity contribution in [2.24, 2.45) is 17.3 Å². The smallest absolute Gasteiger partial charge is 0.343 e. The van der Waals surface area contributed by atoms with Crippen molar-refractivity contribution in [2.45, 2.75) is 33.1 Å². The SMILES string of the molecule is C=C1C2CCC(C2)C1(C)C.O=C(O)c1c(O)cc(O)cc1O. The van der Waals surface area contributed by atoms with Gasteiger partial charge in [-0.25, -0.2) is 4.79 Å². The Morgan fingerprint density at radius 1 is 1.18 bits per heavy atom. The zero-order chi connectivity index (χ0) is 16.7. The molecule has 22 heavy (non-hydrogen) atoms. The number of rotatable bonds is 1. The maximum atomic E-state index is 10.4. The molecule has 0 aliphatic heterocycles. The molecule has 2 aliphatic rings. The first-order chi connectivity index (χ1) is 10.1. The molecule has 0 saturated heterocycles. The van der Waals surface area contributed by atoms with Crippen LogP contribution in [-0.2, 0) is 0 Å². The summed E-state index contributed by atoms with van der Waals surface area (Å²) >= 11 is 0. The molecule has 3 rings (SSSR count). The second kappa shape index (κ2) is 5.55. The summed E-state index contributed by atoms with van der Waals surface area (Å²) in [6.07, 6.45) is 4.31. The van der Waals surface area contributed by atoms with E-state index < -0.39 is 28.8 Å². The summed E-state index contributed by atoms with van der Waals surface area (Å²) in [5.74, 6) is -1.33. The Balaban J connectivity index is 0.000000162. The van der Waals surface area contributed by atoms with E-state index >= 15 is 0 Å². The summed E-state index contributed by atoms with van der Waals surface area (Å²) in [4.78, 5) is 10.4. The second-order valence-corrected chi connectivity index (χ2v) is 6.62. The summed E-state index contributed by atoms with van der Waals surface area (Å²) in [6.45, 7) is 8.91. The fourth-order valence-electron chi connectivity index (χ4n) is 3.56. The Labute approximate surface area is 129 Å². The van der Waals surface area contributed by atoms with E-state index in [1.165, 1.54) is 24.8 Å². The highest BCUT2D eigenvalue weighted by Crippen LogP contribution is 2.58. The fourth-order valence-corrected chi connectivity index (χ4v) is 3.56. The van der Waals surface area contributed by atoms with Gasteiger partial charge in [0.05, 0.1) is 0 Å². The summed E-state index contributed by atoms with van der Waals surface area (Å²) in [6, 6.07) is 1.67.